The molecule has 19 heavy (non-hydrogen) atoms. The van der Waals surface area contributed by atoms with E-state index >= 15 is 0 Å². The summed E-state index contributed by atoms with van der Waals surface area (Å²) >= 11 is 5.07. The predicted molar refractivity (Wildman–Crippen MR) is 77.1 cm³/mol. The van der Waals surface area contributed by atoms with Crippen LogP contribution in [-0.2, 0) is 11.8 Å². The molecule has 1 saturated heterocycles. The molecular weight excluding hydrogens is 334 g/mol. The molecule has 1 fully saturated rings. The van der Waals surface area contributed by atoms with Gasteiger partial charge in [0.25, 0.3) is 0 Å². The minimum Gasteiger partial charge on any atom is -0.381 e. The number of hydrogen-bond donors (Lipinski definition) is 1. The fourth-order valence-electron chi connectivity index (χ4n) is 1.93. The van der Waals surface area contributed by atoms with Crippen LogP contribution in [0.2, 0.25) is 0 Å². The molecule has 2 heterocycles. The van der Waals surface area contributed by atoms with Crippen molar-refractivity contribution < 1.29 is 4.74 Å². The number of aromatic amines is 1. The molecule has 1 aromatic rings. The zero-order valence-corrected chi connectivity index (χ0v) is 13.1. The summed E-state index contributed by atoms with van der Waals surface area (Å²) in [6.07, 6.45) is 1.98. The molecule has 0 saturated carbocycles. The van der Waals surface area contributed by atoms with Crippen molar-refractivity contribution in [2.75, 3.05) is 24.3 Å². The quantitative estimate of drug-likeness (QED) is 0.493. The summed E-state index contributed by atoms with van der Waals surface area (Å²) in [6.45, 7) is 1.54. The van der Waals surface area contributed by atoms with E-state index in [1.165, 1.54) is 16.4 Å². The van der Waals surface area contributed by atoms with Gasteiger partial charge in [-0.25, -0.2) is 0 Å². The SMILES string of the molecule is Cn1[nH]c(=O)c(=O)nc1SCC1(CBr)CCOCC1. The number of rotatable bonds is 4. The van der Waals surface area contributed by atoms with Gasteiger partial charge in [-0.15, -0.1) is 0 Å². The summed E-state index contributed by atoms with van der Waals surface area (Å²) in [6, 6.07) is 0. The largest absolute Gasteiger partial charge is 0.381 e. The third-order valence-corrected chi connectivity index (χ3v) is 5.86. The first kappa shape index (κ1) is 14.8. The fraction of sp³-hybridized carbons (Fsp3) is 0.727. The van der Waals surface area contributed by atoms with Crippen molar-refractivity contribution in [3.8, 4) is 0 Å². The van der Waals surface area contributed by atoms with Crippen molar-refractivity contribution >= 4 is 27.7 Å². The van der Waals surface area contributed by atoms with E-state index in [4.69, 9.17) is 4.74 Å². The van der Waals surface area contributed by atoms with Gasteiger partial charge in [-0.1, -0.05) is 27.7 Å². The molecule has 106 valence electrons. The normalized spacial score (nSPS) is 18.4. The number of aryl methyl sites for hydroxylation is 1. The van der Waals surface area contributed by atoms with Gasteiger partial charge in [-0.2, -0.15) is 4.98 Å². The van der Waals surface area contributed by atoms with E-state index in [2.05, 4.69) is 26.0 Å². The van der Waals surface area contributed by atoms with E-state index in [1.54, 1.807) is 7.05 Å². The number of halogens is 1. The molecule has 0 atom stereocenters. The maximum atomic E-state index is 11.3. The van der Waals surface area contributed by atoms with Crippen LogP contribution in [-0.4, -0.2) is 39.1 Å². The molecule has 2 rings (SSSR count). The summed E-state index contributed by atoms with van der Waals surface area (Å²) in [4.78, 5) is 26.2. The molecule has 0 bridgehead atoms. The number of aromatic nitrogens is 3. The second kappa shape index (κ2) is 6.23. The summed E-state index contributed by atoms with van der Waals surface area (Å²) in [7, 11) is 1.68. The highest BCUT2D eigenvalue weighted by atomic mass is 79.9. The van der Waals surface area contributed by atoms with Gasteiger partial charge >= 0.3 is 11.1 Å². The lowest BCUT2D eigenvalue weighted by atomic mass is 9.85. The molecule has 1 N–H and O–H groups in total. The zero-order chi connectivity index (χ0) is 13.9. The number of alkyl halides is 1. The van der Waals surface area contributed by atoms with E-state index in [0.717, 1.165) is 37.1 Å². The molecule has 0 unspecified atom stereocenters. The van der Waals surface area contributed by atoms with Crippen LogP contribution in [0.5, 0.6) is 0 Å². The lowest BCUT2D eigenvalue weighted by Gasteiger charge is -2.35. The van der Waals surface area contributed by atoms with Gasteiger partial charge in [0.15, 0.2) is 5.16 Å². The molecule has 1 aliphatic heterocycles. The lowest BCUT2D eigenvalue weighted by molar-refractivity contribution is 0.0374. The fourth-order valence-corrected chi connectivity index (χ4v) is 4.16. The van der Waals surface area contributed by atoms with Crippen LogP contribution < -0.4 is 11.1 Å². The number of ether oxygens (including phenoxy) is 1. The molecule has 6 nitrogen and oxygen atoms in total. The van der Waals surface area contributed by atoms with Crippen LogP contribution in [0.15, 0.2) is 14.7 Å². The minimum absolute atomic E-state index is 0.163. The molecule has 0 amide bonds. The highest BCUT2D eigenvalue weighted by Gasteiger charge is 2.32. The first-order valence-corrected chi connectivity index (χ1v) is 8.11. The van der Waals surface area contributed by atoms with Crippen LogP contribution in [0.3, 0.4) is 0 Å². The number of thioether (sulfide) groups is 1. The van der Waals surface area contributed by atoms with E-state index in [-0.39, 0.29) is 5.41 Å². The molecule has 0 aromatic carbocycles. The van der Waals surface area contributed by atoms with Crippen molar-refractivity contribution in [2.24, 2.45) is 12.5 Å². The summed E-state index contributed by atoms with van der Waals surface area (Å²) in [5.74, 6) is 0.841. The minimum atomic E-state index is -0.736. The Morgan fingerprint density at radius 2 is 2.16 bits per heavy atom. The molecular formula is C11H16BrN3O3S. The summed E-state index contributed by atoms with van der Waals surface area (Å²) in [5, 5.41) is 3.89. The Balaban J connectivity index is 2.11. The number of H-pyrrole nitrogens is 1. The maximum absolute atomic E-state index is 11.3. The third-order valence-electron chi connectivity index (χ3n) is 3.29. The van der Waals surface area contributed by atoms with E-state index < -0.39 is 11.1 Å². The van der Waals surface area contributed by atoms with Crippen LogP contribution in [0.4, 0.5) is 0 Å². The highest BCUT2D eigenvalue weighted by Crippen LogP contribution is 2.37. The molecule has 0 radical (unpaired) electrons. The van der Waals surface area contributed by atoms with Crippen LogP contribution in [0.25, 0.3) is 0 Å². The smallest absolute Gasteiger partial charge is 0.339 e. The number of nitrogens with one attached hydrogen (secondary N) is 1. The Kier molecular flexibility index (Phi) is 4.86. The first-order valence-electron chi connectivity index (χ1n) is 6.00. The maximum Gasteiger partial charge on any atom is 0.339 e. The lowest BCUT2D eigenvalue weighted by Crippen LogP contribution is -2.36. The zero-order valence-electron chi connectivity index (χ0n) is 10.6. The Labute approximate surface area is 123 Å². The highest BCUT2D eigenvalue weighted by molar-refractivity contribution is 9.09. The summed E-state index contributed by atoms with van der Waals surface area (Å²) < 4.78 is 6.88. The van der Waals surface area contributed by atoms with Gasteiger partial charge in [-0.05, 0) is 18.3 Å². The molecule has 1 aliphatic rings. The van der Waals surface area contributed by atoms with E-state index in [0.29, 0.717) is 5.16 Å². The number of hydrogen-bond acceptors (Lipinski definition) is 5. The van der Waals surface area contributed by atoms with Gasteiger partial charge in [-0.3, -0.25) is 19.4 Å². The van der Waals surface area contributed by atoms with Crippen LogP contribution in [0, 0.1) is 5.41 Å². The average Bonchev–Trinajstić information content (AvgIpc) is 2.42. The molecule has 1 aromatic heterocycles. The average molecular weight is 350 g/mol. The van der Waals surface area contributed by atoms with Gasteiger partial charge < -0.3 is 4.74 Å². The van der Waals surface area contributed by atoms with Gasteiger partial charge in [0, 0.05) is 31.3 Å². The second-order valence-electron chi connectivity index (χ2n) is 4.73. The predicted octanol–water partition coefficient (Wildman–Crippen LogP) is 0.752. The van der Waals surface area contributed by atoms with E-state index in [1.807, 2.05) is 0 Å². The first-order chi connectivity index (χ1) is 9.06. The third kappa shape index (κ3) is 3.49. The Hall–Kier alpha value is -0.600. The van der Waals surface area contributed by atoms with E-state index in [9.17, 15) is 9.59 Å². The van der Waals surface area contributed by atoms with Crippen molar-refractivity contribution in [1.29, 1.82) is 0 Å². The Bertz CT molecular complexity index is 551. The monoisotopic (exact) mass is 349 g/mol. The van der Waals surface area contributed by atoms with Crippen molar-refractivity contribution in [1.82, 2.24) is 14.8 Å². The molecule has 8 heteroatoms. The molecule has 0 spiro atoms. The van der Waals surface area contributed by atoms with Crippen molar-refractivity contribution in [3.05, 3.63) is 20.7 Å². The van der Waals surface area contributed by atoms with Crippen molar-refractivity contribution in [3.63, 3.8) is 0 Å². The van der Waals surface area contributed by atoms with Gasteiger partial charge in [0.2, 0.25) is 0 Å². The standard InChI is InChI=1S/C11H16BrN3O3S/c1-15-10(13-8(16)9(17)14-15)19-7-11(6-12)2-4-18-5-3-11/h2-7H2,1H3,(H,14,17). The van der Waals surface area contributed by atoms with Crippen LogP contribution in [0.1, 0.15) is 12.8 Å². The second-order valence-corrected chi connectivity index (χ2v) is 6.24. The topological polar surface area (TPSA) is 77.0 Å². The summed E-state index contributed by atoms with van der Waals surface area (Å²) in [5.41, 5.74) is -1.26. The Morgan fingerprint density at radius 1 is 1.47 bits per heavy atom. The van der Waals surface area contributed by atoms with Gasteiger partial charge in [0.05, 0.1) is 0 Å². The number of nitrogens with zero attached hydrogens (tertiary/aromatic N) is 2. The van der Waals surface area contributed by atoms with Gasteiger partial charge in [0.1, 0.15) is 0 Å². The molecule has 0 aliphatic carbocycles. The van der Waals surface area contributed by atoms with Crippen LogP contribution >= 0.6 is 27.7 Å². The van der Waals surface area contributed by atoms with Crippen molar-refractivity contribution in [2.45, 2.75) is 18.0 Å². The Morgan fingerprint density at radius 3 is 2.79 bits per heavy atom.